The fourth-order valence-corrected chi connectivity index (χ4v) is 2.69. The van der Waals surface area contributed by atoms with Crippen LogP contribution in [-0.4, -0.2) is 38.4 Å². The molecule has 1 saturated carbocycles. The molecular weight excluding hydrogens is 291 g/mol. The van der Waals surface area contributed by atoms with E-state index in [1.54, 1.807) is 13.1 Å². The molecule has 0 unspecified atom stereocenters. The molecule has 2 aromatic rings. The SMILES string of the molecule is CCOC(=O)C1CC(F)(Cn2cc(-c3nocc3C)nn2)C1. The zero-order chi connectivity index (χ0) is 15.7. The predicted octanol–water partition coefficient (Wildman–Crippen LogP) is 1.92. The molecule has 0 aromatic carbocycles. The molecule has 0 spiro atoms. The van der Waals surface area contributed by atoms with Gasteiger partial charge in [-0.2, -0.15) is 0 Å². The molecule has 1 aliphatic carbocycles. The molecule has 0 saturated heterocycles. The number of alkyl halides is 1. The highest BCUT2D eigenvalue weighted by atomic mass is 19.1. The van der Waals surface area contributed by atoms with E-state index >= 15 is 0 Å². The molecule has 3 rings (SSSR count). The van der Waals surface area contributed by atoms with E-state index in [0.29, 0.717) is 18.0 Å². The Morgan fingerprint density at radius 1 is 1.59 bits per heavy atom. The topological polar surface area (TPSA) is 83.0 Å². The van der Waals surface area contributed by atoms with Crippen molar-refractivity contribution >= 4 is 5.97 Å². The van der Waals surface area contributed by atoms with Crippen LogP contribution in [0.3, 0.4) is 0 Å². The maximum absolute atomic E-state index is 14.5. The number of rotatable bonds is 5. The first-order chi connectivity index (χ1) is 10.5. The van der Waals surface area contributed by atoms with E-state index in [9.17, 15) is 9.18 Å². The van der Waals surface area contributed by atoms with Gasteiger partial charge in [-0.1, -0.05) is 10.4 Å². The van der Waals surface area contributed by atoms with E-state index in [-0.39, 0.29) is 31.3 Å². The minimum absolute atomic E-state index is 0.0623. The van der Waals surface area contributed by atoms with Gasteiger partial charge < -0.3 is 9.26 Å². The summed E-state index contributed by atoms with van der Waals surface area (Å²) in [5.74, 6) is -0.681. The molecule has 0 aliphatic heterocycles. The number of aryl methyl sites for hydroxylation is 1. The molecule has 8 heteroatoms. The quantitative estimate of drug-likeness (QED) is 0.785. The van der Waals surface area contributed by atoms with Crippen LogP contribution in [0, 0.1) is 12.8 Å². The number of carbonyl (C=O) groups is 1. The van der Waals surface area contributed by atoms with E-state index in [2.05, 4.69) is 15.5 Å². The highest BCUT2D eigenvalue weighted by Gasteiger charge is 2.49. The Kier molecular flexibility index (Phi) is 3.67. The minimum Gasteiger partial charge on any atom is -0.466 e. The van der Waals surface area contributed by atoms with Crippen molar-refractivity contribution in [3.8, 4) is 11.4 Å². The lowest BCUT2D eigenvalue weighted by Crippen LogP contribution is -2.47. The average Bonchev–Trinajstić information content (AvgIpc) is 3.04. The molecule has 0 bridgehead atoms. The summed E-state index contributed by atoms with van der Waals surface area (Å²) in [6, 6.07) is 0. The summed E-state index contributed by atoms with van der Waals surface area (Å²) in [5, 5.41) is 11.7. The van der Waals surface area contributed by atoms with Gasteiger partial charge in [-0.15, -0.1) is 5.10 Å². The van der Waals surface area contributed by atoms with Gasteiger partial charge in [0.1, 0.15) is 23.3 Å². The Hall–Kier alpha value is -2.25. The van der Waals surface area contributed by atoms with Crippen LogP contribution >= 0.6 is 0 Å². The van der Waals surface area contributed by atoms with E-state index in [0.717, 1.165) is 5.56 Å². The van der Waals surface area contributed by atoms with Gasteiger partial charge in [0.25, 0.3) is 0 Å². The van der Waals surface area contributed by atoms with E-state index in [4.69, 9.17) is 9.26 Å². The van der Waals surface area contributed by atoms with Gasteiger partial charge in [-0.25, -0.2) is 9.07 Å². The van der Waals surface area contributed by atoms with Crippen molar-refractivity contribution < 1.29 is 18.4 Å². The van der Waals surface area contributed by atoms with E-state index < -0.39 is 5.67 Å². The van der Waals surface area contributed by atoms with Crippen LogP contribution in [0.15, 0.2) is 17.0 Å². The van der Waals surface area contributed by atoms with Crippen LogP contribution < -0.4 is 0 Å². The lowest BCUT2D eigenvalue weighted by atomic mass is 9.72. The number of halogens is 1. The van der Waals surface area contributed by atoms with Crippen molar-refractivity contribution in [2.45, 2.75) is 38.9 Å². The van der Waals surface area contributed by atoms with Gasteiger partial charge in [0, 0.05) is 5.56 Å². The molecule has 0 radical (unpaired) electrons. The van der Waals surface area contributed by atoms with Crippen molar-refractivity contribution in [2.24, 2.45) is 5.92 Å². The Bertz CT molecular complexity index is 675. The van der Waals surface area contributed by atoms with Crippen LogP contribution in [-0.2, 0) is 16.1 Å². The number of hydrogen-bond acceptors (Lipinski definition) is 6. The average molecular weight is 308 g/mol. The molecule has 22 heavy (non-hydrogen) atoms. The third-order valence-corrected chi connectivity index (χ3v) is 3.82. The second-order valence-electron chi connectivity index (χ2n) is 5.66. The van der Waals surface area contributed by atoms with Gasteiger partial charge in [0.2, 0.25) is 0 Å². The molecule has 2 aromatic heterocycles. The van der Waals surface area contributed by atoms with E-state index in [1.165, 1.54) is 10.9 Å². The maximum atomic E-state index is 14.5. The number of nitrogens with zero attached hydrogens (tertiary/aromatic N) is 4. The Morgan fingerprint density at radius 3 is 3.00 bits per heavy atom. The molecular formula is C14H17FN4O3. The van der Waals surface area contributed by atoms with Gasteiger partial charge in [0.15, 0.2) is 0 Å². The number of hydrogen-bond donors (Lipinski definition) is 0. The summed E-state index contributed by atoms with van der Waals surface area (Å²) in [4.78, 5) is 11.5. The summed E-state index contributed by atoms with van der Waals surface area (Å²) in [6.45, 7) is 3.96. The van der Waals surface area contributed by atoms with Crippen LogP contribution in [0.1, 0.15) is 25.3 Å². The smallest absolute Gasteiger partial charge is 0.309 e. The second-order valence-corrected chi connectivity index (χ2v) is 5.66. The monoisotopic (exact) mass is 308 g/mol. The number of ether oxygens (including phenoxy) is 1. The second kappa shape index (κ2) is 5.51. The molecule has 1 fully saturated rings. The third kappa shape index (κ3) is 2.72. The molecule has 0 amide bonds. The van der Waals surface area contributed by atoms with Crippen LogP contribution in [0.5, 0.6) is 0 Å². The lowest BCUT2D eigenvalue weighted by Gasteiger charge is -2.39. The predicted molar refractivity (Wildman–Crippen MR) is 73.5 cm³/mol. The summed E-state index contributed by atoms with van der Waals surface area (Å²) in [7, 11) is 0. The zero-order valence-corrected chi connectivity index (χ0v) is 12.5. The summed E-state index contributed by atoms with van der Waals surface area (Å²) in [6.07, 6.45) is 3.46. The zero-order valence-electron chi connectivity index (χ0n) is 12.5. The Labute approximate surface area is 126 Å². The molecule has 118 valence electrons. The van der Waals surface area contributed by atoms with Crippen molar-refractivity contribution in [3.05, 3.63) is 18.0 Å². The summed E-state index contributed by atoms with van der Waals surface area (Å²) < 4.78 is 25.7. The van der Waals surface area contributed by atoms with Gasteiger partial charge in [-0.3, -0.25) is 4.79 Å². The molecule has 0 N–H and O–H groups in total. The Morgan fingerprint density at radius 2 is 2.36 bits per heavy atom. The maximum Gasteiger partial charge on any atom is 0.309 e. The lowest BCUT2D eigenvalue weighted by molar-refractivity contribution is -0.158. The van der Waals surface area contributed by atoms with Crippen molar-refractivity contribution in [2.75, 3.05) is 6.61 Å². The number of aromatic nitrogens is 4. The fourth-order valence-electron chi connectivity index (χ4n) is 2.69. The van der Waals surface area contributed by atoms with Crippen LogP contribution in [0.25, 0.3) is 11.4 Å². The number of carbonyl (C=O) groups excluding carboxylic acids is 1. The fraction of sp³-hybridized carbons (Fsp3) is 0.571. The highest BCUT2D eigenvalue weighted by Crippen LogP contribution is 2.43. The van der Waals surface area contributed by atoms with Crippen molar-refractivity contribution in [1.82, 2.24) is 20.2 Å². The van der Waals surface area contributed by atoms with Gasteiger partial charge in [-0.05, 0) is 26.7 Å². The summed E-state index contributed by atoms with van der Waals surface area (Å²) >= 11 is 0. The van der Waals surface area contributed by atoms with Crippen molar-refractivity contribution in [3.63, 3.8) is 0 Å². The highest BCUT2D eigenvalue weighted by molar-refractivity contribution is 5.74. The first kappa shape index (κ1) is 14.7. The van der Waals surface area contributed by atoms with Crippen molar-refractivity contribution in [1.29, 1.82) is 0 Å². The number of esters is 1. The normalized spacial score (nSPS) is 24.0. The molecule has 7 nitrogen and oxygen atoms in total. The minimum atomic E-state index is -1.44. The molecule has 0 atom stereocenters. The third-order valence-electron chi connectivity index (χ3n) is 3.82. The van der Waals surface area contributed by atoms with Gasteiger partial charge >= 0.3 is 5.97 Å². The largest absolute Gasteiger partial charge is 0.466 e. The standard InChI is InChI=1S/C14H17FN4O3/c1-3-21-13(20)10-4-14(15,5-10)8-19-6-11(16-18-19)12-9(2)7-22-17-12/h6-7,10H,3-5,8H2,1-2H3. The van der Waals surface area contributed by atoms with E-state index in [1.807, 2.05) is 6.92 Å². The molecule has 1 aliphatic rings. The van der Waals surface area contributed by atoms with Gasteiger partial charge in [0.05, 0.1) is 25.3 Å². The molecule has 2 heterocycles. The first-order valence-corrected chi connectivity index (χ1v) is 7.18. The van der Waals surface area contributed by atoms with Crippen LogP contribution in [0.4, 0.5) is 4.39 Å². The van der Waals surface area contributed by atoms with Crippen LogP contribution in [0.2, 0.25) is 0 Å². The Balaban J connectivity index is 1.62. The first-order valence-electron chi connectivity index (χ1n) is 7.18. The summed E-state index contributed by atoms with van der Waals surface area (Å²) in [5.41, 5.74) is 0.530.